The van der Waals surface area contributed by atoms with E-state index in [9.17, 15) is 9.90 Å². The zero-order valence-electron chi connectivity index (χ0n) is 9.43. The van der Waals surface area contributed by atoms with Gasteiger partial charge in [-0.15, -0.1) is 0 Å². The number of phenolic OH excluding ortho intramolecular Hbond substituents is 1. The van der Waals surface area contributed by atoms with Crippen molar-refractivity contribution in [2.24, 2.45) is 0 Å². The van der Waals surface area contributed by atoms with E-state index >= 15 is 0 Å². The monoisotopic (exact) mass is 224 g/mol. The average Bonchev–Trinajstić information content (AvgIpc) is 2.16. The highest BCUT2D eigenvalue weighted by molar-refractivity contribution is 5.68. The highest BCUT2D eigenvalue weighted by Gasteiger charge is 2.27. The Morgan fingerprint density at radius 2 is 2.19 bits per heavy atom. The second kappa shape index (κ2) is 4.99. The number of methoxy groups -OCH3 is 1. The van der Waals surface area contributed by atoms with Crippen molar-refractivity contribution in [3.05, 3.63) is 29.8 Å². The summed E-state index contributed by atoms with van der Waals surface area (Å²) < 4.78 is 5.23. The summed E-state index contributed by atoms with van der Waals surface area (Å²) in [5.41, 5.74) is 0.102. The standard InChI is InChI=1S/C12H16O4/c1-12(16-2,8-11(14)15)7-9-4-3-5-10(13)6-9/h3-6,13H,7-8H2,1-2H3,(H,14,15). The van der Waals surface area contributed by atoms with Gasteiger partial charge in [-0.1, -0.05) is 12.1 Å². The minimum atomic E-state index is -0.899. The summed E-state index contributed by atoms with van der Waals surface area (Å²) >= 11 is 0. The molecule has 0 heterocycles. The summed E-state index contributed by atoms with van der Waals surface area (Å²) in [5, 5.41) is 18.1. The van der Waals surface area contributed by atoms with Gasteiger partial charge >= 0.3 is 5.97 Å². The van der Waals surface area contributed by atoms with E-state index < -0.39 is 11.6 Å². The molecule has 0 saturated carbocycles. The first-order valence-electron chi connectivity index (χ1n) is 5.00. The van der Waals surface area contributed by atoms with Gasteiger partial charge in [-0.3, -0.25) is 4.79 Å². The Bertz CT molecular complexity index is 375. The van der Waals surface area contributed by atoms with Gasteiger partial charge in [-0.2, -0.15) is 0 Å². The average molecular weight is 224 g/mol. The van der Waals surface area contributed by atoms with Gasteiger partial charge in [0.15, 0.2) is 0 Å². The maximum Gasteiger partial charge on any atom is 0.306 e. The lowest BCUT2D eigenvalue weighted by atomic mass is 9.93. The van der Waals surface area contributed by atoms with E-state index in [4.69, 9.17) is 9.84 Å². The molecule has 0 aromatic heterocycles. The van der Waals surface area contributed by atoms with Gasteiger partial charge < -0.3 is 14.9 Å². The summed E-state index contributed by atoms with van der Waals surface area (Å²) in [6.45, 7) is 1.74. The van der Waals surface area contributed by atoms with Gasteiger partial charge in [0.25, 0.3) is 0 Å². The molecule has 1 aromatic rings. The van der Waals surface area contributed by atoms with Crippen LogP contribution in [-0.2, 0) is 16.0 Å². The lowest BCUT2D eigenvalue weighted by Crippen LogP contribution is -2.33. The molecule has 1 atom stereocenters. The molecule has 0 bridgehead atoms. The van der Waals surface area contributed by atoms with Gasteiger partial charge in [0.2, 0.25) is 0 Å². The van der Waals surface area contributed by atoms with Crippen molar-refractivity contribution in [1.29, 1.82) is 0 Å². The van der Waals surface area contributed by atoms with E-state index in [2.05, 4.69) is 0 Å². The number of carbonyl (C=O) groups is 1. The fraction of sp³-hybridized carbons (Fsp3) is 0.417. The summed E-state index contributed by atoms with van der Waals surface area (Å²) in [4.78, 5) is 10.7. The van der Waals surface area contributed by atoms with Crippen molar-refractivity contribution in [3.63, 3.8) is 0 Å². The Morgan fingerprint density at radius 3 is 2.69 bits per heavy atom. The fourth-order valence-corrected chi connectivity index (χ4v) is 1.62. The molecule has 0 fully saturated rings. The second-order valence-electron chi connectivity index (χ2n) is 4.07. The minimum Gasteiger partial charge on any atom is -0.508 e. The molecule has 1 unspecified atom stereocenters. The van der Waals surface area contributed by atoms with Crippen LogP contribution in [0.25, 0.3) is 0 Å². The normalized spacial score (nSPS) is 14.4. The Kier molecular flexibility index (Phi) is 3.90. The third kappa shape index (κ3) is 3.55. The smallest absolute Gasteiger partial charge is 0.306 e. The molecule has 0 radical (unpaired) electrons. The molecule has 16 heavy (non-hydrogen) atoms. The minimum absolute atomic E-state index is 0.0703. The van der Waals surface area contributed by atoms with E-state index in [1.165, 1.54) is 7.11 Å². The van der Waals surface area contributed by atoms with E-state index in [1.54, 1.807) is 25.1 Å². The number of phenols is 1. The maximum absolute atomic E-state index is 10.7. The molecule has 0 spiro atoms. The lowest BCUT2D eigenvalue weighted by Gasteiger charge is -2.26. The van der Waals surface area contributed by atoms with Crippen LogP contribution in [0.3, 0.4) is 0 Å². The van der Waals surface area contributed by atoms with Crippen LogP contribution in [0.2, 0.25) is 0 Å². The topological polar surface area (TPSA) is 66.8 Å². The predicted octanol–water partition coefficient (Wildman–Crippen LogP) is 1.81. The molecule has 1 rings (SSSR count). The van der Waals surface area contributed by atoms with Gasteiger partial charge in [0, 0.05) is 13.5 Å². The van der Waals surface area contributed by atoms with Crippen molar-refractivity contribution in [2.45, 2.75) is 25.4 Å². The van der Waals surface area contributed by atoms with E-state index in [0.29, 0.717) is 6.42 Å². The van der Waals surface area contributed by atoms with E-state index in [1.807, 2.05) is 6.07 Å². The number of aliphatic carboxylic acids is 1. The SMILES string of the molecule is COC(C)(CC(=O)O)Cc1cccc(O)c1. The zero-order valence-corrected chi connectivity index (χ0v) is 9.43. The molecule has 0 aliphatic heterocycles. The third-order valence-corrected chi connectivity index (χ3v) is 2.51. The Balaban J connectivity index is 2.80. The summed E-state index contributed by atoms with van der Waals surface area (Å²) in [5.74, 6) is -0.726. The third-order valence-electron chi connectivity index (χ3n) is 2.51. The zero-order chi connectivity index (χ0) is 12.2. The van der Waals surface area contributed by atoms with Crippen LogP contribution >= 0.6 is 0 Å². The second-order valence-corrected chi connectivity index (χ2v) is 4.07. The quantitative estimate of drug-likeness (QED) is 0.800. The van der Waals surface area contributed by atoms with Crippen molar-refractivity contribution in [3.8, 4) is 5.75 Å². The molecule has 0 saturated heterocycles. The number of hydrogen-bond donors (Lipinski definition) is 2. The van der Waals surface area contributed by atoms with Crippen LogP contribution in [0, 0.1) is 0 Å². The van der Waals surface area contributed by atoms with Crippen LogP contribution in [0.15, 0.2) is 24.3 Å². The molecule has 2 N–H and O–H groups in total. The molecule has 0 aliphatic rings. The summed E-state index contributed by atoms with van der Waals surface area (Å²) in [6, 6.07) is 6.74. The number of rotatable bonds is 5. The fourth-order valence-electron chi connectivity index (χ4n) is 1.62. The lowest BCUT2D eigenvalue weighted by molar-refractivity contribution is -0.143. The van der Waals surface area contributed by atoms with E-state index in [0.717, 1.165) is 5.56 Å². The first-order valence-corrected chi connectivity index (χ1v) is 5.00. The number of carboxylic acid groups (broad SMARTS) is 1. The summed E-state index contributed by atoms with van der Waals surface area (Å²) in [7, 11) is 1.49. The molecule has 0 amide bonds. The predicted molar refractivity (Wildman–Crippen MR) is 59.5 cm³/mol. The molecular weight excluding hydrogens is 208 g/mol. The van der Waals surface area contributed by atoms with Gasteiger partial charge in [-0.25, -0.2) is 0 Å². The molecule has 1 aromatic carbocycles. The number of benzene rings is 1. The highest BCUT2D eigenvalue weighted by Crippen LogP contribution is 2.22. The molecule has 4 nitrogen and oxygen atoms in total. The number of carboxylic acids is 1. The Labute approximate surface area is 94.5 Å². The first kappa shape index (κ1) is 12.5. The molecule has 88 valence electrons. The number of ether oxygens (including phenoxy) is 1. The molecular formula is C12H16O4. The van der Waals surface area contributed by atoms with Crippen LogP contribution < -0.4 is 0 Å². The molecule has 0 aliphatic carbocycles. The van der Waals surface area contributed by atoms with Crippen LogP contribution in [0.5, 0.6) is 5.75 Å². The molecule has 4 heteroatoms. The van der Waals surface area contributed by atoms with Crippen LogP contribution in [-0.4, -0.2) is 28.9 Å². The maximum atomic E-state index is 10.7. The van der Waals surface area contributed by atoms with Crippen LogP contribution in [0.1, 0.15) is 18.9 Å². The largest absolute Gasteiger partial charge is 0.508 e. The van der Waals surface area contributed by atoms with Crippen molar-refractivity contribution < 1.29 is 19.7 Å². The van der Waals surface area contributed by atoms with Crippen molar-refractivity contribution in [1.82, 2.24) is 0 Å². The Hall–Kier alpha value is -1.55. The Morgan fingerprint density at radius 1 is 1.50 bits per heavy atom. The number of hydrogen-bond acceptors (Lipinski definition) is 3. The van der Waals surface area contributed by atoms with Gasteiger partial charge in [0.05, 0.1) is 12.0 Å². The summed E-state index contributed by atoms with van der Waals surface area (Å²) in [6.07, 6.45) is 0.378. The van der Waals surface area contributed by atoms with Crippen molar-refractivity contribution >= 4 is 5.97 Å². The first-order chi connectivity index (χ1) is 7.45. The van der Waals surface area contributed by atoms with Gasteiger partial charge in [-0.05, 0) is 24.6 Å². The van der Waals surface area contributed by atoms with E-state index in [-0.39, 0.29) is 12.2 Å². The van der Waals surface area contributed by atoms with Crippen LogP contribution in [0.4, 0.5) is 0 Å². The number of aromatic hydroxyl groups is 1. The highest BCUT2D eigenvalue weighted by atomic mass is 16.5. The van der Waals surface area contributed by atoms with Crippen molar-refractivity contribution in [2.75, 3.05) is 7.11 Å². The van der Waals surface area contributed by atoms with Gasteiger partial charge in [0.1, 0.15) is 5.75 Å².